The van der Waals surface area contributed by atoms with Crippen LogP contribution in [0.1, 0.15) is 0 Å². The van der Waals surface area contributed by atoms with Gasteiger partial charge in [-0.25, -0.2) is 0 Å². The van der Waals surface area contributed by atoms with Gasteiger partial charge in [-0.3, -0.25) is 0 Å². The third kappa shape index (κ3) is 94.9. The molecule has 0 saturated heterocycles. The summed E-state index contributed by atoms with van der Waals surface area (Å²) in [5.74, 6) is 0. The van der Waals surface area contributed by atoms with Gasteiger partial charge in [0, 0.05) is 14.2 Å². The van der Waals surface area contributed by atoms with Crippen molar-refractivity contribution in [3.63, 3.8) is 0 Å². The van der Waals surface area contributed by atoms with Gasteiger partial charge in [-0.15, -0.1) is 0 Å². The Morgan fingerprint density at radius 1 is 0.833 bits per heavy atom. The second kappa shape index (κ2) is 181. The maximum absolute atomic E-state index is 7.00. The van der Waals surface area contributed by atoms with E-state index >= 15 is 0 Å². The topological polar surface area (TPSA) is 70.5 Å². The standard InChI is InChI=1S/2CH4O.Na.H2O/c2*1-2;;/h2*2H,1H3;;1H2/q;;+1;/p-1. The molecule has 0 aromatic heterocycles. The summed E-state index contributed by atoms with van der Waals surface area (Å²) in [5.41, 5.74) is 0. The average molecular weight is 104 g/mol. The molecule has 0 spiro atoms. The van der Waals surface area contributed by atoms with Crippen molar-refractivity contribution in [2.75, 3.05) is 14.2 Å². The summed E-state index contributed by atoms with van der Waals surface area (Å²) >= 11 is 0. The Hall–Kier alpha value is 0.880. The normalized spacial score (nSPS) is 2.00. The van der Waals surface area contributed by atoms with Crippen LogP contribution in [-0.2, 0) is 0 Å². The third-order valence-electron chi connectivity index (χ3n) is 0. The summed E-state index contributed by atoms with van der Waals surface area (Å²) in [6.45, 7) is 0. The van der Waals surface area contributed by atoms with Crippen LogP contribution >= 0.6 is 0 Å². The zero-order valence-corrected chi connectivity index (χ0v) is 6.34. The van der Waals surface area contributed by atoms with E-state index in [1.807, 2.05) is 0 Å². The van der Waals surface area contributed by atoms with Crippen molar-refractivity contribution in [3.05, 3.63) is 0 Å². The van der Waals surface area contributed by atoms with Crippen LogP contribution in [0.3, 0.4) is 0 Å². The van der Waals surface area contributed by atoms with Crippen LogP contribution in [0.2, 0.25) is 0 Å². The van der Waals surface area contributed by atoms with Gasteiger partial charge in [0.2, 0.25) is 0 Å². The first kappa shape index (κ1) is 28.7. The van der Waals surface area contributed by atoms with Gasteiger partial charge in [-0.05, 0) is 0 Å². The zero-order valence-electron chi connectivity index (χ0n) is 4.34. The van der Waals surface area contributed by atoms with Gasteiger partial charge in [0.1, 0.15) is 0 Å². The fourth-order valence-corrected chi connectivity index (χ4v) is 0. The van der Waals surface area contributed by atoms with Crippen LogP contribution in [0.5, 0.6) is 0 Å². The van der Waals surface area contributed by atoms with E-state index in [2.05, 4.69) is 0 Å². The largest absolute Gasteiger partial charge is 1.00 e. The minimum Gasteiger partial charge on any atom is -0.870 e. The molecular weight excluding hydrogens is 95.0 g/mol. The summed E-state index contributed by atoms with van der Waals surface area (Å²) in [7, 11) is 2.00. The molecule has 36 valence electrons. The monoisotopic (exact) mass is 104 g/mol. The Bertz CT molecular complexity index is 8.75. The summed E-state index contributed by atoms with van der Waals surface area (Å²) < 4.78 is 0. The van der Waals surface area contributed by atoms with E-state index < -0.39 is 0 Å². The Kier molecular flexibility index (Phi) is 864. The van der Waals surface area contributed by atoms with Crippen molar-refractivity contribution in [3.8, 4) is 0 Å². The Morgan fingerprint density at radius 3 is 0.833 bits per heavy atom. The molecule has 0 aliphatic rings. The van der Waals surface area contributed by atoms with Gasteiger partial charge in [0.25, 0.3) is 0 Å². The first-order valence-corrected chi connectivity index (χ1v) is 0.894. The molecule has 0 unspecified atom stereocenters. The van der Waals surface area contributed by atoms with Crippen molar-refractivity contribution in [2.45, 2.75) is 0 Å². The molecule has 3 N–H and O–H groups in total. The van der Waals surface area contributed by atoms with E-state index in [0.717, 1.165) is 14.2 Å². The molecule has 0 aliphatic carbocycles. The Morgan fingerprint density at radius 2 is 0.833 bits per heavy atom. The van der Waals surface area contributed by atoms with Crippen molar-refractivity contribution in [2.24, 2.45) is 0 Å². The van der Waals surface area contributed by atoms with Gasteiger partial charge in [0.15, 0.2) is 0 Å². The molecule has 0 aromatic carbocycles. The van der Waals surface area contributed by atoms with Crippen LogP contribution < -0.4 is 29.6 Å². The predicted molar refractivity (Wildman–Crippen MR) is 18.2 cm³/mol. The Labute approximate surface area is 59.6 Å². The van der Waals surface area contributed by atoms with Crippen molar-refractivity contribution in [1.82, 2.24) is 0 Å². The Balaban J connectivity index is -0.00000000500. The first-order valence-electron chi connectivity index (χ1n) is 0.894. The fourth-order valence-electron chi connectivity index (χ4n) is 0. The molecule has 0 saturated carbocycles. The molecule has 0 rings (SSSR count). The summed E-state index contributed by atoms with van der Waals surface area (Å²) in [5, 5.41) is 14.0. The maximum atomic E-state index is 7.00. The third-order valence-corrected chi connectivity index (χ3v) is 0. The van der Waals surface area contributed by atoms with Gasteiger partial charge in [0.05, 0.1) is 0 Å². The molecule has 0 heterocycles. The van der Waals surface area contributed by atoms with Crippen LogP contribution in [-0.4, -0.2) is 29.9 Å². The number of hydrogen-bond acceptors (Lipinski definition) is 3. The molecular formula is C2H9NaO3. The average Bonchev–Trinajstić information content (AvgIpc) is 1.50. The van der Waals surface area contributed by atoms with Crippen LogP contribution in [0.25, 0.3) is 0 Å². The quantitative estimate of drug-likeness (QED) is 0.308. The van der Waals surface area contributed by atoms with E-state index in [4.69, 9.17) is 10.2 Å². The van der Waals surface area contributed by atoms with E-state index in [-0.39, 0.29) is 35.0 Å². The van der Waals surface area contributed by atoms with Crippen LogP contribution in [0, 0.1) is 0 Å². The predicted octanol–water partition coefficient (Wildman–Crippen LogP) is -3.96. The molecule has 6 heavy (non-hydrogen) atoms. The molecule has 0 amide bonds. The van der Waals surface area contributed by atoms with Gasteiger partial charge < -0.3 is 15.7 Å². The van der Waals surface area contributed by atoms with E-state index in [1.165, 1.54) is 0 Å². The number of hydrogen-bond donors (Lipinski definition) is 2. The van der Waals surface area contributed by atoms with Crippen LogP contribution in [0.4, 0.5) is 0 Å². The summed E-state index contributed by atoms with van der Waals surface area (Å²) in [4.78, 5) is 0. The number of rotatable bonds is 0. The molecule has 0 aliphatic heterocycles. The summed E-state index contributed by atoms with van der Waals surface area (Å²) in [6, 6.07) is 0. The molecule has 0 radical (unpaired) electrons. The van der Waals surface area contributed by atoms with E-state index in [9.17, 15) is 0 Å². The van der Waals surface area contributed by atoms with Gasteiger partial charge in [-0.2, -0.15) is 0 Å². The molecule has 0 fully saturated rings. The van der Waals surface area contributed by atoms with E-state index in [0.29, 0.717) is 0 Å². The number of aliphatic hydroxyl groups is 2. The molecule has 4 heteroatoms. The second-order valence-electron chi connectivity index (χ2n) is 0. The number of aliphatic hydroxyl groups excluding tert-OH is 2. The SMILES string of the molecule is CO.CO.[Na+].[OH-]. The smallest absolute Gasteiger partial charge is 0.870 e. The van der Waals surface area contributed by atoms with Gasteiger partial charge >= 0.3 is 29.6 Å². The minimum atomic E-state index is 0. The molecule has 0 aromatic rings. The van der Waals surface area contributed by atoms with Gasteiger partial charge in [-0.1, -0.05) is 0 Å². The molecule has 0 bridgehead atoms. The van der Waals surface area contributed by atoms with Crippen LogP contribution in [0.15, 0.2) is 0 Å². The molecule has 0 atom stereocenters. The maximum Gasteiger partial charge on any atom is 1.00 e. The van der Waals surface area contributed by atoms with Crippen molar-refractivity contribution in [1.29, 1.82) is 0 Å². The fraction of sp³-hybridized carbons (Fsp3) is 1.00. The second-order valence-corrected chi connectivity index (χ2v) is 0. The zero-order chi connectivity index (χ0) is 4.00. The summed E-state index contributed by atoms with van der Waals surface area (Å²) in [6.07, 6.45) is 0. The van der Waals surface area contributed by atoms with Crippen molar-refractivity contribution < 1.29 is 45.2 Å². The van der Waals surface area contributed by atoms with E-state index in [1.54, 1.807) is 0 Å². The van der Waals surface area contributed by atoms with Crippen molar-refractivity contribution >= 4 is 0 Å². The molecule has 3 nitrogen and oxygen atoms in total. The minimum absolute atomic E-state index is 0. The first-order chi connectivity index (χ1) is 2.00.